The summed E-state index contributed by atoms with van der Waals surface area (Å²) in [6, 6.07) is 6.35. The molecule has 1 aromatic carbocycles. The number of nitrogens with zero attached hydrogens (tertiary/aromatic N) is 2. The minimum Gasteiger partial charge on any atom is -0.508 e. The van der Waals surface area contributed by atoms with Crippen molar-refractivity contribution in [1.82, 2.24) is 0 Å². The molecule has 0 radical (unpaired) electrons. The summed E-state index contributed by atoms with van der Waals surface area (Å²) in [7, 11) is 0. The second-order valence-electron chi connectivity index (χ2n) is 2.77. The Morgan fingerprint density at radius 3 is 2.21 bits per heavy atom. The zero-order chi connectivity index (χ0) is 10.6. The van der Waals surface area contributed by atoms with Crippen LogP contribution >= 0.6 is 0 Å². The molecule has 74 valence electrons. The third-order valence-electron chi connectivity index (χ3n) is 1.48. The van der Waals surface area contributed by atoms with Gasteiger partial charge in [-0.1, -0.05) is 0 Å². The lowest BCUT2D eigenvalue weighted by Gasteiger charge is -1.98. The summed E-state index contributed by atoms with van der Waals surface area (Å²) in [5.74, 6) is 0.779. The van der Waals surface area contributed by atoms with Crippen LogP contribution < -0.4 is 11.5 Å². The molecule has 0 aliphatic carbocycles. The number of benzene rings is 1. The predicted octanol–water partition coefficient (Wildman–Crippen LogP) is 0.390. The van der Waals surface area contributed by atoms with Gasteiger partial charge in [-0.05, 0) is 31.2 Å². The number of nitrogens with two attached hydrogens (primary N) is 2. The zero-order valence-electron chi connectivity index (χ0n) is 7.81. The fourth-order valence-corrected chi connectivity index (χ4v) is 0.823. The van der Waals surface area contributed by atoms with Crippen LogP contribution in [-0.4, -0.2) is 16.8 Å². The van der Waals surface area contributed by atoms with E-state index in [-0.39, 0.29) is 11.6 Å². The Bertz CT molecular complexity index is 363. The monoisotopic (exact) mass is 192 g/mol. The van der Waals surface area contributed by atoms with Crippen LogP contribution in [0, 0.1) is 0 Å². The number of amidine groups is 2. The van der Waals surface area contributed by atoms with E-state index < -0.39 is 0 Å². The van der Waals surface area contributed by atoms with E-state index in [2.05, 4.69) is 10.2 Å². The number of phenolic OH excluding ortho intramolecular Hbond substituents is 1. The Morgan fingerprint density at radius 2 is 1.71 bits per heavy atom. The number of rotatable bonds is 2. The first-order valence-electron chi connectivity index (χ1n) is 4.02. The van der Waals surface area contributed by atoms with Gasteiger partial charge in [0.1, 0.15) is 11.6 Å². The molecule has 1 aromatic rings. The van der Waals surface area contributed by atoms with Crippen molar-refractivity contribution in [3.05, 3.63) is 29.8 Å². The lowest BCUT2D eigenvalue weighted by atomic mass is 10.2. The van der Waals surface area contributed by atoms with Gasteiger partial charge in [-0.3, -0.25) is 0 Å². The zero-order valence-corrected chi connectivity index (χ0v) is 7.81. The van der Waals surface area contributed by atoms with E-state index in [9.17, 15) is 0 Å². The van der Waals surface area contributed by atoms with E-state index in [0.29, 0.717) is 11.4 Å². The molecule has 0 bridgehead atoms. The molecule has 0 unspecified atom stereocenters. The second-order valence-corrected chi connectivity index (χ2v) is 2.77. The largest absolute Gasteiger partial charge is 0.508 e. The van der Waals surface area contributed by atoms with Crippen molar-refractivity contribution in [2.45, 2.75) is 6.92 Å². The van der Waals surface area contributed by atoms with Crippen LogP contribution in [0.15, 0.2) is 34.5 Å². The molecule has 0 aromatic heterocycles. The molecule has 0 fully saturated rings. The van der Waals surface area contributed by atoms with Crippen LogP contribution in [0.5, 0.6) is 5.75 Å². The molecule has 5 heteroatoms. The van der Waals surface area contributed by atoms with Gasteiger partial charge in [0.15, 0.2) is 5.84 Å². The van der Waals surface area contributed by atoms with Crippen molar-refractivity contribution in [2.75, 3.05) is 0 Å². The van der Waals surface area contributed by atoms with Crippen LogP contribution in [0.1, 0.15) is 12.5 Å². The third kappa shape index (κ3) is 2.78. The Kier molecular flexibility index (Phi) is 3.06. The minimum absolute atomic E-state index is 0.181. The van der Waals surface area contributed by atoms with Gasteiger partial charge in [0, 0.05) is 5.56 Å². The average Bonchev–Trinajstić information content (AvgIpc) is 2.15. The van der Waals surface area contributed by atoms with E-state index in [1.165, 1.54) is 12.1 Å². The Labute approximate surface area is 81.8 Å². The molecule has 0 aliphatic heterocycles. The van der Waals surface area contributed by atoms with E-state index >= 15 is 0 Å². The van der Waals surface area contributed by atoms with Crippen molar-refractivity contribution in [1.29, 1.82) is 0 Å². The molecule has 0 aliphatic rings. The lowest BCUT2D eigenvalue weighted by Crippen LogP contribution is -2.13. The SMILES string of the molecule is C/C(N)=N/N=C(\N)c1ccc(O)cc1. The summed E-state index contributed by atoms with van der Waals surface area (Å²) in [5.41, 5.74) is 11.6. The molecule has 14 heavy (non-hydrogen) atoms. The third-order valence-corrected chi connectivity index (χ3v) is 1.48. The van der Waals surface area contributed by atoms with E-state index in [0.717, 1.165) is 0 Å². The van der Waals surface area contributed by atoms with Gasteiger partial charge in [-0.15, -0.1) is 10.2 Å². The van der Waals surface area contributed by atoms with E-state index in [4.69, 9.17) is 16.6 Å². The van der Waals surface area contributed by atoms with Gasteiger partial charge in [-0.2, -0.15) is 0 Å². The second kappa shape index (κ2) is 4.27. The van der Waals surface area contributed by atoms with Crippen molar-refractivity contribution in [2.24, 2.45) is 21.7 Å². The number of hydrogen-bond acceptors (Lipinski definition) is 3. The molecule has 0 saturated carbocycles. The van der Waals surface area contributed by atoms with Crippen LogP contribution in [0.3, 0.4) is 0 Å². The highest BCUT2D eigenvalue weighted by molar-refractivity contribution is 5.97. The van der Waals surface area contributed by atoms with Crippen LogP contribution in [0.25, 0.3) is 0 Å². The first kappa shape index (κ1) is 10.0. The van der Waals surface area contributed by atoms with Gasteiger partial charge in [0.05, 0.1) is 0 Å². The molecule has 1 rings (SSSR count). The fraction of sp³-hybridized carbons (Fsp3) is 0.111. The molecular formula is C9H12N4O. The van der Waals surface area contributed by atoms with Crippen molar-refractivity contribution in [3.63, 3.8) is 0 Å². The number of hydrogen-bond donors (Lipinski definition) is 3. The smallest absolute Gasteiger partial charge is 0.153 e. The molecule has 0 spiro atoms. The van der Waals surface area contributed by atoms with E-state index in [1.807, 2.05) is 0 Å². The molecular weight excluding hydrogens is 180 g/mol. The van der Waals surface area contributed by atoms with Crippen LogP contribution in [-0.2, 0) is 0 Å². The highest BCUT2D eigenvalue weighted by Gasteiger charge is 1.97. The lowest BCUT2D eigenvalue weighted by molar-refractivity contribution is 0.475. The number of phenols is 1. The first-order chi connectivity index (χ1) is 6.59. The Hall–Kier alpha value is -2.04. The van der Waals surface area contributed by atoms with Gasteiger partial charge in [0.25, 0.3) is 0 Å². The predicted molar refractivity (Wildman–Crippen MR) is 56.1 cm³/mol. The van der Waals surface area contributed by atoms with Crippen molar-refractivity contribution >= 4 is 11.7 Å². The van der Waals surface area contributed by atoms with E-state index in [1.54, 1.807) is 19.1 Å². The normalized spacial score (nSPS) is 12.9. The van der Waals surface area contributed by atoms with Gasteiger partial charge in [0.2, 0.25) is 0 Å². The molecule has 5 N–H and O–H groups in total. The van der Waals surface area contributed by atoms with Crippen LogP contribution in [0.2, 0.25) is 0 Å². The van der Waals surface area contributed by atoms with Gasteiger partial charge >= 0.3 is 0 Å². The molecule has 0 amide bonds. The molecule has 5 nitrogen and oxygen atoms in total. The Morgan fingerprint density at radius 1 is 1.14 bits per heavy atom. The van der Waals surface area contributed by atoms with Crippen molar-refractivity contribution in [3.8, 4) is 5.75 Å². The highest BCUT2D eigenvalue weighted by atomic mass is 16.3. The van der Waals surface area contributed by atoms with Crippen LogP contribution in [0.4, 0.5) is 0 Å². The summed E-state index contributed by atoms with van der Waals surface area (Å²) in [6.07, 6.45) is 0. The molecule has 0 saturated heterocycles. The van der Waals surface area contributed by atoms with Crippen molar-refractivity contribution < 1.29 is 5.11 Å². The Balaban J connectivity index is 2.89. The summed E-state index contributed by atoms with van der Waals surface area (Å²) >= 11 is 0. The first-order valence-corrected chi connectivity index (χ1v) is 4.02. The maximum atomic E-state index is 9.03. The summed E-state index contributed by atoms with van der Waals surface area (Å²) in [6.45, 7) is 1.62. The summed E-state index contributed by atoms with van der Waals surface area (Å²) in [4.78, 5) is 0. The standard InChI is InChI=1S/C9H12N4O/c1-6(10)12-13-9(11)7-2-4-8(14)5-3-7/h2-5,14H,1H3,(H2,10,12)(H2,11,13). The highest BCUT2D eigenvalue weighted by Crippen LogP contribution is 2.09. The summed E-state index contributed by atoms with van der Waals surface area (Å²) < 4.78 is 0. The minimum atomic E-state index is 0.181. The number of aromatic hydroxyl groups is 1. The van der Waals surface area contributed by atoms with Gasteiger partial charge in [-0.25, -0.2) is 0 Å². The maximum absolute atomic E-state index is 9.03. The fourth-order valence-electron chi connectivity index (χ4n) is 0.823. The average molecular weight is 192 g/mol. The maximum Gasteiger partial charge on any atom is 0.153 e. The molecule has 0 atom stereocenters. The topological polar surface area (TPSA) is 97.0 Å². The quantitative estimate of drug-likeness (QED) is 0.359. The van der Waals surface area contributed by atoms with Gasteiger partial charge < -0.3 is 16.6 Å². The molecule has 0 heterocycles. The summed E-state index contributed by atoms with van der Waals surface area (Å²) in [5, 5.41) is 16.3.